The van der Waals surface area contributed by atoms with E-state index in [1.165, 1.54) is 30.5 Å². The Hall–Kier alpha value is -3.08. The van der Waals surface area contributed by atoms with Crippen LogP contribution in [0.4, 0.5) is 23.1 Å². The minimum Gasteiger partial charge on any atom is -0.372 e. The van der Waals surface area contributed by atoms with Crippen LogP contribution < -0.4 is 15.5 Å². The van der Waals surface area contributed by atoms with Gasteiger partial charge in [0.1, 0.15) is 5.82 Å². The molecule has 28 heavy (non-hydrogen) atoms. The van der Waals surface area contributed by atoms with Crippen LogP contribution in [0, 0.1) is 6.92 Å². The molecule has 0 saturated carbocycles. The smallest absolute Gasteiger partial charge is 0.225 e. The van der Waals surface area contributed by atoms with Crippen molar-refractivity contribution in [3.8, 4) is 0 Å². The highest BCUT2D eigenvalue weighted by molar-refractivity contribution is 5.61. The largest absolute Gasteiger partial charge is 0.372 e. The van der Waals surface area contributed by atoms with Crippen molar-refractivity contribution in [3.05, 3.63) is 71.9 Å². The summed E-state index contributed by atoms with van der Waals surface area (Å²) in [7, 11) is 0. The molecule has 2 aromatic carbocycles. The molecule has 4 rings (SSSR count). The van der Waals surface area contributed by atoms with E-state index in [9.17, 15) is 0 Å². The quantitative estimate of drug-likeness (QED) is 0.627. The van der Waals surface area contributed by atoms with Crippen molar-refractivity contribution in [3.63, 3.8) is 0 Å². The molecule has 0 unspecified atom stereocenters. The Balaban J connectivity index is 1.41. The van der Waals surface area contributed by atoms with Gasteiger partial charge < -0.3 is 15.5 Å². The van der Waals surface area contributed by atoms with Crippen LogP contribution in [0.15, 0.2) is 60.7 Å². The molecule has 2 heterocycles. The maximum atomic E-state index is 4.61. The Bertz CT molecular complexity index is 887. The van der Waals surface area contributed by atoms with E-state index in [1.54, 1.807) is 0 Å². The summed E-state index contributed by atoms with van der Waals surface area (Å²) in [6.07, 6.45) is 3.93. The Kier molecular flexibility index (Phi) is 5.71. The summed E-state index contributed by atoms with van der Waals surface area (Å²) in [4.78, 5) is 11.6. The number of aromatic nitrogens is 2. The average molecular weight is 374 g/mol. The predicted molar refractivity (Wildman–Crippen MR) is 116 cm³/mol. The monoisotopic (exact) mass is 373 g/mol. The van der Waals surface area contributed by atoms with Gasteiger partial charge in [-0.05, 0) is 56.0 Å². The molecular formula is C23H27N5. The van der Waals surface area contributed by atoms with E-state index in [1.807, 2.05) is 31.2 Å². The number of aryl methyl sites for hydroxylation is 1. The van der Waals surface area contributed by atoms with Crippen LogP contribution in [-0.4, -0.2) is 23.1 Å². The Morgan fingerprint density at radius 2 is 1.64 bits per heavy atom. The second-order valence-electron chi connectivity index (χ2n) is 7.28. The summed E-state index contributed by atoms with van der Waals surface area (Å²) in [5, 5.41) is 6.72. The molecule has 0 bridgehead atoms. The Morgan fingerprint density at radius 3 is 2.39 bits per heavy atom. The lowest BCUT2D eigenvalue weighted by atomic mass is 10.1. The van der Waals surface area contributed by atoms with E-state index in [0.29, 0.717) is 12.5 Å². The SMILES string of the molecule is Cc1cc(Nc2ccc(N3CCCCC3)cc2)nc(NCc2ccccc2)n1. The molecule has 0 aliphatic carbocycles. The zero-order chi connectivity index (χ0) is 19.2. The number of nitrogens with zero attached hydrogens (tertiary/aromatic N) is 3. The number of hydrogen-bond donors (Lipinski definition) is 2. The van der Waals surface area contributed by atoms with Gasteiger partial charge in [-0.2, -0.15) is 4.98 Å². The van der Waals surface area contributed by atoms with Crippen LogP contribution >= 0.6 is 0 Å². The first kappa shape index (κ1) is 18.3. The number of nitrogens with one attached hydrogen (secondary N) is 2. The van der Waals surface area contributed by atoms with Gasteiger partial charge in [-0.1, -0.05) is 30.3 Å². The van der Waals surface area contributed by atoms with Crippen LogP contribution in [0.3, 0.4) is 0 Å². The van der Waals surface area contributed by atoms with E-state index in [4.69, 9.17) is 0 Å². The molecule has 5 nitrogen and oxygen atoms in total. The Labute approximate surface area is 166 Å². The maximum absolute atomic E-state index is 4.61. The standard InChI is InChI=1S/C23H27N5/c1-18-16-22(27-23(25-18)24-17-19-8-4-2-5-9-19)26-20-10-12-21(13-11-20)28-14-6-3-7-15-28/h2,4-5,8-13,16H,3,6-7,14-15,17H2,1H3,(H2,24,25,26,27). The van der Waals surface area contributed by atoms with Crippen LogP contribution in [0.5, 0.6) is 0 Å². The third kappa shape index (κ3) is 4.80. The van der Waals surface area contributed by atoms with E-state index >= 15 is 0 Å². The van der Waals surface area contributed by atoms with E-state index in [-0.39, 0.29) is 0 Å². The summed E-state index contributed by atoms with van der Waals surface area (Å²) in [6.45, 7) is 5.01. The van der Waals surface area contributed by atoms with E-state index in [2.05, 4.69) is 61.9 Å². The topological polar surface area (TPSA) is 53.1 Å². The zero-order valence-electron chi connectivity index (χ0n) is 16.4. The summed E-state index contributed by atoms with van der Waals surface area (Å²) < 4.78 is 0. The first-order valence-corrected chi connectivity index (χ1v) is 10.0. The lowest BCUT2D eigenvalue weighted by Gasteiger charge is -2.28. The minimum atomic E-state index is 0.635. The van der Waals surface area contributed by atoms with Crippen molar-refractivity contribution >= 4 is 23.1 Å². The molecule has 1 aliphatic heterocycles. The second kappa shape index (κ2) is 8.74. The fraction of sp³-hybridized carbons (Fsp3) is 0.304. The molecule has 144 valence electrons. The fourth-order valence-corrected chi connectivity index (χ4v) is 3.54. The van der Waals surface area contributed by atoms with Crippen molar-refractivity contribution in [1.82, 2.24) is 9.97 Å². The second-order valence-corrected chi connectivity index (χ2v) is 7.28. The summed E-state index contributed by atoms with van der Waals surface area (Å²) in [5.74, 6) is 1.44. The lowest BCUT2D eigenvalue weighted by molar-refractivity contribution is 0.578. The summed E-state index contributed by atoms with van der Waals surface area (Å²) in [5.41, 5.74) is 4.47. The predicted octanol–water partition coefficient (Wildman–Crippen LogP) is 5.13. The molecule has 1 aliphatic rings. The number of anilines is 4. The van der Waals surface area contributed by atoms with Crippen LogP contribution in [-0.2, 0) is 6.54 Å². The molecular weight excluding hydrogens is 346 g/mol. The van der Waals surface area contributed by atoms with Crippen molar-refractivity contribution in [2.24, 2.45) is 0 Å². The highest BCUT2D eigenvalue weighted by Gasteiger charge is 2.10. The first-order valence-electron chi connectivity index (χ1n) is 10.0. The van der Waals surface area contributed by atoms with Gasteiger partial charge in [0.15, 0.2) is 0 Å². The molecule has 0 amide bonds. The molecule has 1 fully saturated rings. The fourth-order valence-electron chi connectivity index (χ4n) is 3.54. The van der Waals surface area contributed by atoms with Gasteiger partial charge in [-0.15, -0.1) is 0 Å². The van der Waals surface area contributed by atoms with Gasteiger partial charge in [-0.25, -0.2) is 4.98 Å². The molecule has 5 heteroatoms. The van der Waals surface area contributed by atoms with Crippen molar-refractivity contribution in [2.45, 2.75) is 32.7 Å². The average Bonchev–Trinajstić information content (AvgIpc) is 2.74. The van der Waals surface area contributed by atoms with Crippen molar-refractivity contribution in [2.75, 3.05) is 28.6 Å². The van der Waals surface area contributed by atoms with E-state index < -0.39 is 0 Å². The van der Waals surface area contributed by atoms with Crippen LogP contribution in [0.2, 0.25) is 0 Å². The third-order valence-electron chi connectivity index (χ3n) is 5.01. The molecule has 2 N–H and O–H groups in total. The maximum Gasteiger partial charge on any atom is 0.225 e. The first-order chi connectivity index (χ1) is 13.8. The van der Waals surface area contributed by atoms with Crippen LogP contribution in [0.25, 0.3) is 0 Å². The normalized spacial score (nSPS) is 14.0. The molecule has 0 spiro atoms. The zero-order valence-corrected chi connectivity index (χ0v) is 16.4. The Morgan fingerprint density at radius 1 is 0.893 bits per heavy atom. The van der Waals surface area contributed by atoms with Gasteiger partial charge >= 0.3 is 0 Å². The van der Waals surface area contributed by atoms with Crippen LogP contribution in [0.1, 0.15) is 30.5 Å². The summed E-state index contributed by atoms with van der Waals surface area (Å²) in [6, 6.07) is 20.9. The highest BCUT2D eigenvalue weighted by Crippen LogP contribution is 2.23. The molecule has 0 radical (unpaired) electrons. The number of piperidine rings is 1. The molecule has 3 aromatic rings. The molecule has 1 aromatic heterocycles. The van der Waals surface area contributed by atoms with Crippen molar-refractivity contribution < 1.29 is 0 Å². The number of hydrogen-bond acceptors (Lipinski definition) is 5. The number of benzene rings is 2. The van der Waals surface area contributed by atoms with Gasteiger partial charge in [-0.3, -0.25) is 0 Å². The van der Waals surface area contributed by atoms with Gasteiger partial charge in [0, 0.05) is 42.8 Å². The third-order valence-corrected chi connectivity index (χ3v) is 5.01. The van der Waals surface area contributed by atoms with E-state index in [0.717, 1.165) is 30.3 Å². The summed E-state index contributed by atoms with van der Waals surface area (Å²) >= 11 is 0. The van der Waals surface area contributed by atoms with Crippen molar-refractivity contribution in [1.29, 1.82) is 0 Å². The van der Waals surface area contributed by atoms with Gasteiger partial charge in [0.05, 0.1) is 0 Å². The number of rotatable bonds is 6. The van der Waals surface area contributed by atoms with Gasteiger partial charge in [0.2, 0.25) is 5.95 Å². The van der Waals surface area contributed by atoms with Gasteiger partial charge in [0.25, 0.3) is 0 Å². The lowest BCUT2D eigenvalue weighted by Crippen LogP contribution is -2.29. The molecule has 0 atom stereocenters. The highest BCUT2D eigenvalue weighted by atomic mass is 15.1. The minimum absolute atomic E-state index is 0.635. The molecule has 1 saturated heterocycles.